The molecule has 6 nitrogen and oxygen atoms in total. The van der Waals surface area contributed by atoms with Gasteiger partial charge in [0.15, 0.2) is 0 Å². The van der Waals surface area contributed by atoms with Gasteiger partial charge >= 0.3 is 6.18 Å². The van der Waals surface area contributed by atoms with Gasteiger partial charge < -0.3 is 14.2 Å². The number of carbonyl (C=O) groups excluding carboxylic acids is 1. The number of carbonyl (C=O) groups is 1. The molecule has 1 fully saturated rings. The van der Waals surface area contributed by atoms with Crippen molar-refractivity contribution in [3.63, 3.8) is 0 Å². The number of methoxy groups -OCH3 is 1. The average Bonchev–Trinajstić information content (AvgIpc) is 3.22. The standard InChI is InChI=1S/C23H24F3N3O3/c1-3-17-12-18(23(24,25)26)19-20(28-32-21(19)27-17)15-8-10-29(11-9-15)22(30)16-6-4-14(5-7-16)13-31-2/h4-7,12,15H,3,8-11,13H2,1-2H3. The minimum atomic E-state index is -4.53. The lowest BCUT2D eigenvalue weighted by Crippen LogP contribution is -2.38. The van der Waals surface area contributed by atoms with Gasteiger partial charge in [-0.15, -0.1) is 0 Å². The first-order valence-corrected chi connectivity index (χ1v) is 10.5. The molecule has 0 aliphatic carbocycles. The van der Waals surface area contributed by atoms with Crippen LogP contribution in [0.15, 0.2) is 34.9 Å². The van der Waals surface area contributed by atoms with E-state index in [1.54, 1.807) is 31.1 Å². The molecule has 1 aliphatic rings. The van der Waals surface area contributed by atoms with E-state index >= 15 is 0 Å². The van der Waals surface area contributed by atoms with Crippen LogP contribution in [0.25, 0.3) is 11.1 Å². The SMILES string of the molecule is CCc1cc(C(F)(F)F)c2c(C3CCN(C(=O)c4ccc(COC)cc4)CC3)noc2n1. The molecule has 2 aromatic heterocycles. The summed E-state index contributed by atoms with van der Waals surface area (Å²) in [5, 5.41) is 3.91. The van der Waals surface area contributed by atoms with Gasteiger partial charge in [0.25, 0.3) is 11.6 Å². The first kappa shape index (κ1) is 22.3. The lowest BCUT2D eigenvalue weighted by Gasteiger charge is -2.31. The van der Waals surface area contributed by atoms with E-state index in [0.717, 1.165) is 11.6 Å². The van der Waals surface area contributed by atoms with Gasteiger partial charge in [0.05, 0.1) is 23.3 Å². The van der Waals surface area contributed by atoms with Gasteiger partial charge in [-0.3, -0.25) is 4.79 Å². The van der Waals surface area contributed by atoms with Crippen LogP contribution in [0.4, 0.5) is 13.2 Å². The molecule has 0 radical (unpaired) electrons. The van der Waals surface area contributed by atoms with Crippen LogP contribution in [0.2, 0.25) is 0 Å². The van der Waals surface area contributed by atoms with Gasteiger partial charge in [-0.2, -0.15) is 13.2 Å². The van der Waals surface area contributed by atoms with Gasteiger partial charge in [-0.25, -0.2) is 4.98 Å². The van der Waals surface area contributed by atoms with Crippen molar-refractivity contribution in [2.45, 2.75) is 44.9 Å². The van der Waals surface area contributed by atoms with Gasteiger partial charge in [0, 0.05) is 37.4 Å². The van der Waals surface area contributed by atoms with Crippen molar-refractivity contribution in [1.82, 2.24) is 15.0 Å². The largest absolute Gasteiger partial charge is 0.417 e. The smallest absolute Gasteiger partial charge is 0.380 e. The molecule has 0 saturated carbocycles. The van der Waals surface area contributed by atoms with E-state index in [4.69, 9.17) is 9.26 Å². The van der Waals surface area contributed by atoms with Crippen LogP contribution in [0.3, 0.4) is 0 Å². The van der Waals surface area contributed by atoms with Crippen molar-refractivity contribution < 1.29 is 27.2 Å². The molecule has 32 heavy (non-hydrogen) atoms. The molecule has 1 aromatic carbocycles. The van der Waals surface area contributed by atoms with Gasteiger partial charge in [-0.05, 0) is 43.0 Å². The number of nitrogens with zero attached hydrogens (tertiary/aromatic N) is 3. The summed E-state index contributed by atoms with van der Waals surface area (Å²) in [4.78, 5) is 18.7. The van der Waals surface area contributed by atoms with Gasteiger partial charge in [0.2, 0.25) is 0 Å². The highest BCUT2D eigenvalue weighted by Gasteiger charge is 2.38. The number of alkyl halides is 3. The van der Waals surface area contributed by atoms with E-state index in [1.165, 1.54) is 0 Å². The third-order valence-corrected chi connectivity index (χ3v) is 5.87. The molecule has 1 saturated heterocycles. The number of hydrogen-bond donors (Lipinski definition) is 0. The normalized spacial score (nSPS) is 15.5. The van der Waals surface area contributed by atoms with E-state index in [9.17, 15) is 18.0 Å². The second-order valence-corrected chi connectivity index (χ2v) is 7.96. The molecule has 4 rings (SSSR count). The molecule has 0 atom stereocenters. The molecule has 9 heteroatoms. The minimum Gasteiger partial charge on any atom is -0.380 e. The quantitative estimate of drug-likeness (QED) is 0.552. The van der Waals surface area contributed by atoms with Crippen molar-refractivity contribution in [2.75, 3.05) is 20.2 Å². The van der Waals surface area contributed by atoms with E-state index in [-0.39, 0.29) is 28.6 Å². The zero-order valence-corrected chi connectivity index (χ0v) is 17.9. The van der Waals surface area contributed by atoms with Crippen LogP contribution in [-0.4, -0.2) is 41.1 Å². The van der Waals surface area contributed by atoms with E-state index < -0.39 is 11.7 Å². The fraction of sp³-hybridized carbons (Fsp3) is 0.435. The number of ether oxygens (including phenoxy) is 1. The number of likely N-dealkylation sites (tertiary alicyclic amines) is 1. The molecule has 3 aromatic rings. The third kappa shape index (κ3) is 4.34. The van der Waals surface area contributed by atoms with E-state index in [2.05, 4.69) is 10.1 Å². The van der Waals surface area contributed by atoms with Gasteiger partial charge in [0.1, 0.15) is 0 Å². The fourth-order valence-electron chi connectivity index (χ4n) is 4.16. The number of fused-ring (bicyclic) bond motifs is 1. The Balaban J connectivity index is 1.52. The van der Waals surface area contributed by atoms with Crippen molar-refractivity contribution in [2.24, 2.45) is 0 Å². The first-order chi connectivity index (χ1) is 15.3. The minimum absolute atomic E-state index is 0.0618. The summed E-state index contributed by atoms with van der Waals surface area (Å²) in [5.41, 5.74) is 1.29. The summed E-state index contributed by atoms with van der Waals surface area (Å²) in [6.45, 7) is 3.07. The third-order valence-electron chi connectivity index (χ3n) is 5.87. The summed E-state index contributed by atoms with van der Waals surface area (Å²) in [5.74, 6) is -0.331. The topological polar surface area (TPSA) is 68.5 Å². The molecular weight excluding hydrogens is 423 g/mol. The maximum Gasteiger partial charge on any atom is 0.417 e. The molecule has 170 valence electrons. The Kier molecular flexibility index (Phi) is 6.19. The first-order valence-electron chi connectivity index (χ1n) is 10.5. The second-order valence-electron chi connectivity index (χ2n) is 7.96. The summed E-state index contributed by atoms with van der Waals surface area (Å²) >= 11 is 0. The Hall–Kier alpha value is -2.94. The van der Waals surface area contributed by atoms with Crippen LogP contribution in [0, 0.1) is 0 Å². The highest BCUT2D eigenvalue weighted by Crippen LogP contribution is 2.40. The summed E-state index contributed by atoms with van der Waals surface area (Å²) in [6, 6.07) is 8.30. The van der Waals surface area contributed by atoms with Crippen LogP contribution < -0.4 is 0 Å². The summed E-state index contributed by atoms with van der Waals surface area (Å²) in [7, 11) is 1.61. The summed E-state index contributed by atoms with van der Waals surface area (Å²) in [6.07, 6.45) is -3.16. The molecular formula is C23H24F3N3O3. The molecule has 1 amide bonds. The Morgan fingerprint density at radius 3 is 2.50 bits per heavy atom. The number of aromatic nitrogens is 2. The number of pyridine rings is 1. The maximum atomic E-state index is 13.7. The van der Waals surface area contributed by atoms with Crippen LogP contribution >= 0.6 is 0 Å². The Morgan fingerprint density at radius 2 is 1.91 bits per heavy atom. The van der Waals surface area contributed by atoms with E-state index in [1.807, 2.05) is 12.1 Å². The molecule has 0 N–H and O–H groups in total. The average molecular weight is 447 g/mol. The number of benzene rings is 1. The highest BCUT2D eigenvalue weighted by molar-refractivity contribution is 5.94. The van der Waals surface area contributed by atoms with Crippen molar-refractivity contribution in [3.05, 3.63) is 58.4 Å². The number of halogens is 3. The van der Waals surface area contributed by atoms with Crippen molar-refractivity contribution >= 4 is 17.0 Å². The van der Waals surface area contributed by atoms with Gasteiger partial charge in [-0.1, -0.05) is 24.2 Å². The number of amides is 1. The Labute approximate surface area is 183 Å². The van der Waals surface area contributed by atoms with Crippen molar-refractivity contribution in [3.8, 4) is 0 Å². The molecule has 0 unspecified atom stereocenters. The molecule has 3 heterocycles. The monoisotopic (exact) mass is 447 g/mol. The molecule has 1 aliphatic heterocycles. The van der Waals surface area contributed by atoms with Crippen molar-refractivity contribution in [1.29, 1.82) is 0 Å². The fourth-order valence-corrected chi connectivity index (χ4v) is 4.16. The predicted octanol–water partition coefficient (Wildman–Crippen LogP) is 4.97. The maximum absolute atomic E-state index is 13.7. The lowest BCUT2D eigenvalue weighted by molar-refractivity contribution is -0.136. The highest BCUT2D eigenvalue weighted by atomic mass is 19.4. The Morgan fingerprint density at radius 1 is 1.22 bits per heavy atom. The molecule has 0 spiro atoms. The number of rotatable bonds is 5. The summed E-state index contributed by atoms with van der Waals surface area (Å²) < 4.78 is 51.5. The zero-order valence-electron chi connectivity index (χ0n) is 17.9. The van der Waals surface area contributed by atoms with Crippen LogP contribution in [-0.2, 0) is 23.9 Å². The number of piperidine rings is 1. The van der Waals surface area contributed by atoms with E-state index in [0.29, 0.717) is 50.2 Å². The number of hydrogen-bond acceptors (Lipinski definition) is 5. The molecule has 0 bridgehead atoms. The zero-order chi connectivity index (χ0) is 22.9. The Bertz CT molecular complexity index is 1100. The van der Waals surface area contributed by atoms with Crippen LogP contribution in [0.1, 0.15) is 58.6 Å². The number of aryl methyl sites for hydroxylation is 1. The predicted molar refractivity (Wildman–Crippen MR) is 111 cm³/mol. The lowest BCUT2D eigenvalue weighted by atomic mass is 9.90. The van der Waals surface area contributed by atoms with Crippen LogP contribution in [0.5, 0.6) is 0 Å². The second kappa shape index (κ2) is 8.90.